The molecular weight excluding hydrogens is 274 g/mol. The first-order valence-electron chi connectivity index (χ1n) is 6.94. The molecule has 0 bridgehead atoms. The molecule has 0 spiro atoms. The number of nitrogens with zero attached hydrogens (tertiary/aromatic N) is 4. The Bertz CT molecular complexity index is 475. The van der Waals surface area contributed by atoms with Gasteiger partial charge in [0.05, 0.1) is 0 Å². The molecule has 10 heteroatoms. The van der Waals surface area contributed by atoms with Crippen LogP contribution in [0, 0.1) is 0 Å². The summed E-state index contributed by atoms with van der Waals surface area (Å²) in [6, 6.07) is -0.564. The predicted octanol–water partition coefficient (Wildman–Crippen LogP) is -0.772. The minimum absolute atomic E-state index is 0.302. The maximum Gasteiger partial charge on any atom is 0.312 e. The molecule has 116 valence electrons. The van der Waals surface area contributed by atoms with Crippen LogP contribution in [0.4, 0.5) is 22.6 Å². The largest absolute Gasteiger partial charge is 0.352 e. The number of rotatable bonds is 6. The van der Waals surface area contributed by atoms with Gasteiger partial charge in [-0.1, -0.05) is 0 Å². The fourth-order valence-corrected chi connectivity index (χ4v) is 2.10. The lowest BCUT2D eigenvalue weighted by Gasteiger charge is -2.26. The summed E-state index contributed by atoms with van der Waals surface area (Å²) in [6.45, 7) is 2.69. The van der Waals surface area contributed by atoms with Gasteiger partial charge in [0.15, 0.2) is 0 Å². The first kappa shape index (κ1) is 15.0. The summed E-state index contributed by atoms with van der Waals surface area (Å²) in [6.07, 6.45) is 3.48. The average Bonchev–Trinajstić information content (AvgIpc) is 2.52. The monoisotopic (exact) mass is 295 g/mol. The van der Waals surface area contributed by atoms with E-state index in [0.29, 0.717) is 30.9 Å². The Labute approximate surface area is 122 Å². The molecule has 1 aliphatic rings. The van der Waals surface area contributed by atoms with Crippen molar-refractivity contribution in [2.45, 2.75) is 19.3 Å². The smallest absolute Gasteiger partial charge is 0.312 e. The molecule has 0 saturated carbocycles. The molecule has 0 atom stereocenters. The van der Waals surface area contributed by atoms with Crippen molar-refractivity contribution in [1.29, 1.82) is 0 Å². The lowest BCUT2D eigenvalue weighted by molar-refractivity contribution is 0.249. The number of urea groups is 1. The normalized spacial score (nSPS) is 14.6. The summed E-state index contributed by atoms with van der Waals surface area (Å²) in [7, 11) is 0. The third-order valence-corrected chi connectivity index (χ3v) is 3.10. The number of nitrogen functional groups attached to an aromatic ring is 1. The summed E-state index contributed by atoms with van der Waals surface area (Å²) in [5.41, 5.74) is 7.42. The Balaban J connectivity index is 2.00. The van der Waals surface area contributed by atoms with Crippen molar-refractivity contribution >= 4 is 23.9 Å². The molecular formula is C11H21N9O. The average molecular weight is 295 g/mol. The number of aromatic nitrogens is 3. The van der Waals surface area contributed by atoms with Gasteiger partial charge >= 0.3 is 6.03 Å². The van der Waals surface area contributed by atoms with Gasteiger partial charge in [-0.25, -0.2) is 10.6 Å². The van der Waals surface area contributed by atoms with Crippen LogP contribution in [0.5, 0.6) is 0 Å². The van der Waals surface area contributed by atoms with Gasteiger partial charge in [-0.2, -0.15) is 15.0 Å². The summed E-state index contributed by atoms with van der Waals surface area (Å²) in [5, 5.41) is 5.48. The Kier molecular flexibility index (Phi) is 5.32. The van der Waals surface area contributed by atoms with Crippen LogP contribution in [0.15, 0.2) is 0 Å². The third-order valence-electron chi connectivity index (χ3n) is 3.10. The number of nitrogens with two attached hydrogens (primary N) is 2. The van der Waals surface area contributed by atoms with Crippen LogP contribution >= 0.6 is 0 Å². The highest BCUT2D eigenvalue weighted by Crippen LogP contribution is 2.17. The first-order valence-corrected chi connectivity index (χ1v) is 6.94. The molecule has 1 aromatic rings. The van der Waals surface area contributed by atoms with E-state index >= 15 is 0 Å². The van der Waals surface area contributed by atoms with E-state index in [1.807, 2.05) is 0 Å². The van der Waals surface area contributed by atoms with E-state index in [2.05, 4.69) is 35.9 Å². The molecule has 1 aromatic heterocycles. The minimum atomic E-state index is -0.564. The quantitative estimate of drug-likeness (QED) is 0.261. The van der Waals surface area contributed by atoms with Gasteiger partial charge in [0.2, 0.25) is 17.8 Å². The van der Waals surface area contributed by atoms with Gasteiger partial charge in [0.1, 0.15) is 0 Å². The Hall–Kier alpha value is -2.36. The second-order valence-electron chi connectivity index (χ2n) is 4.69. The number of nitrogens with one attached hydrogen (secondary N) is 3. The zero-order valence-electron chi connectivity index (χ0n) is 11.8. The lowest BCUT2D eigenvalue weighted by atomic mass is 10.1. The number of carbonyl (C=O) groups is 1. The van der Waals surface area contributed by atoms with Crippen LogP contribution in [0.1, 0.15) is 19.3 Å². The standard InChI is InChI=1S/C11H21N9O/c12-8(21)14-4-5-15-9-16-10(19-13)18-11(17-9)20-6-2-1-3-7-20/h1-7,13H2,(H3,12,14,21)(H2,15,16,17,18,19). The van der Waals surface area contributed by atoms with Crippen molar-refractivity contribution in [3.63, 3.8) is 0 Å². The van der Waals surface area contributed by atoms with Crippen LogP contribution in [0.2, 0.25) is 0 Å². The van der Waals surface area contributed by atoms with Crippen molar-refractivity contribution in [3.05, 3.63) is 0 Å². The van der Waals surface area contributed by atoms with E-state index < -0.39 is 6.03 Å². The van der Waals surface area contributed by atoms with E-state index in [9.17, 15) is 4.79 Å². The minimum Gasteiger partial charge on any atom is -0.352 e. The van der Waals surface area contributed by atoms with Crippen LogP contribution in [-0.4, -0.2) is 47.2 Å². The highest BCUT2D eigenvalue weighted by atomic mass is 16.2. The van der Waals surface area contributed by atoms with Gasteiger partial charge < -0.3 is 21.3 Å². The molecule has 0 aliphatic carbocycles. The van der Waals surface area contributed by atoms with Gasteiger partial charge in [-0.05, 0) is 19.3 Å². The molecule has 1 fully saturated rings. The van der Waals surface area contributed by atoms with E-state index in [1.165, 1.54) is 6.42 Å². The number of hydrogen-bond acceptors (Lipinski definition) is 8. The molecule has 21 heavy (non-hydrogen) atoms. The maximum atomic E-state index is 10.6. The van der Waals surface area contributed by atoms with Crippen molar-refractivity contribution in [1.82, 2.24) is 20.3 Å². The molecule has 10 nitrogen and oxygen atoms in total. The molecule has 0 unspecified atom stereocenters. The molecule has 7 N–H and O–H groups in total. The van der Waals surface area contributed by atoms with Crippen LogP contribution in [0.3, 0.4) is 0 Å². The highest BCUT2D eigenvalue weighted by molar-refractivity contribution is 5.71. The second-order valence-corrected chi connectivity index (χ2v) is 4.69. The zero-order valence-corrected chi connectivity index (χ0v) is 11.8. The van der Waals surface area contributed by atoms with Crippen molar-refractivity contribution in [2.75, 3.05) is 41.8 Å². The van der Waals surface area contributed by atoms with Crippen molar-refractivity contribution in [2.24, 2.45) is 11.6 Å². The third kappa shape index (κ3) is 4.60. The summed E-state index contributed by atoms with van der Waals surface area (Å²) in [4.78, 5) is 25.5. The number of anilines is 3. The number of primary amides is 1. The lowest BCUT2D eigenvalue weighted by Crippen LogP contribution is -2.34. The predicted molar refractivity (Wildman–Crippen MR) is 79.8 cm³/mol. The molecule has 0 radical (unpaired) electrons. The Morgan fingerprint density at radius 3 is 2.48 bits per heavy atom. The Morgan fingerprint density at radius 2 is 1.81 bits per heavy atom. The summed E-state index contributed by atoms with van der Waals surface area (Å²) in [5.74, 6) is 6.70. The fourth-order valence-electron chi connectivity index (χ4n) is 2.10. The van der Waals surface area contributed by atoms with Crippen molar-refractivity contribution in [3.8, 4) is 0 Å². The first-order chi connectivity index (χ1) is 10.2. The Morgan fingerprint density at radius 1 is 1.10 bits per heavy atom. The van der Waals surface area contributed by atoms with E-state index in [4.69, 9.17) is 11.6 Å². The number of carbonyl (C=O) groups excluding carboxylic acids is 1. The molecule has 0 aromatic carbocycles. The van der Waals surface area contributed by atoms with E-state index in [-0.39, 0.29) is 0 Å². The summed E-state index contributed by atoms with van der Waals surface area (Å²) < 4.78 is 0. The molecule has 1 aliphatic heterocycles. The van der Waals surface area contributed by atoms with E-state index in [0.717, 1.165) is 25.9 Å². The fraction of sp³-hybridized carbons (Fsp3) is 0.636. The van der Waals surface area contributed by atoms with Crippen molar-refractivity contribution < 1.29 is 4.79 Å². The van der Waals surface area contributed by atoms with Gasteiger partial charge in [0, 0.05) is 26.2 Å². The number of hydrazine groups is 1. The van der Waals surface area contributed by atoms with Gasteiger partial charge in [-0.3, -0.25) is 5.43 Å². The van der Waals surface area contributed by atoms with Gasteiger partial charge in [0.25, 0.3) is 0 Å². The highest BCUT2D eigenvalue weighted by Gasteiger charge is 2.15. The SMILES string of the molecule is NNc1nc(NCCNC(N)=O)nc(N2CCCCC2)n1. The van der Waals surface area contributed by atoms with Crippen LogP contribution in [0.25, 0.3) is 0 Å². The van der Waals surface area contributed by atoms with Crippen LogP contribution in [-0.2, 0) is 0 Å². The molecule has 2 amide bonds. The van der Waals surface area contributed by atoms with Gasteiger partial charge in [-0.15, -0.1) is 0 Å². The topological polar surface area (TPSA) is 147 Å². The number of piperidine rings is 1. The second kappa shape index (κ2) is 7.43. The maximum absolute atomic E-state index is 10.6. The number of amides is 2. The van der Waals surface area contributed by atoms with E-state index in [1.54, 1.807) is 0 Å². The zero-order chi connectivity index (χ0) is 15.1. The molecule has 2 rings (SSSR count). The molecule has 2 heterocycles. The van der Waals surface area contributed by atoms with Crippen LogP contribution < -0.4 is 32.5 Å². The number of hydrogen-bond donors (Lipinski definition) is 5. The summed E-state index contributed by atoms with van der Waals surface area (Å²) >= 11 is 0. The molecule has 1 saturated heterocycles.